The second kappa shape index (κ2) is 6.50. The zero-order valence-corrected chi connectivity index (χ0v) is 9.61. The summed E-state index contributed by atoms with van der Waals surface area (Å²) in [5.74, 6) is -1.04. The maximum atomic E-state index is 12.0. The molecule has 0 aliphatic heterocycles. The van der Waals surface area contributed by atoms with Crippen LogP contribution in [0.3, 0.4) is 0 Å². The predicted octanol–water partition coefficient (Wildman–Crippen LogP) is 2.07. The Labute approximate surface area is 83.9 Å². The molecule has 0 saturated heterocycles. The van der Waals surface area contributed by atoms with Gasteiger partial charge >= 0.3 is 7.60 Å². The molecule has 14 heavy (non-hydrogen) atoms. The summed E-state index contributed by atoms with van der Waals surface area (Å²) in [6, 6.07) is 0. The molecule has 0 heterocycles. The van der Waals surface area contributed by atoms with E-state index in [0.29, 0.717) is 0 Å². The second-order valence-electron chi connectivity index (χ2n) is 2.58. The largest absolute Gasteiger partial charge is 0.352 e. The third kappa shape index (κ3) is 3.65. The zero-order valence-electron chi connectivity index (χ0n) is 8.71. The molecule has 0 spiro atoms. The molecule has 0 aromatic rings. The van der Waals surface area contributed by atoms with Crippen molar-refractivity contribution < 1.29 is 24.0 Å². The highest BCUT2D eigenvalue weighted by Crippen LogP contribution is 2.54. The normalized spacial score (nSPS) is 14.7. The average Bonchev–Trinajstić information content (AvgIpc) is 2.04. The van der Waals surface area contributed by atoms with Crippen molar-refractivity contribution in [1.29, 1.82) is 0 Å². The minimum absolute atomic E-state index is 0.105. The minimum Gasteiger partial charge on any atom is -0.308 e. The van der Waals surface area contributed by atoms with Gasteiger partial charge < -0.3 is 9.05 Å². The van der Waals surface area contributed by atoms with E-state index in [1.54, 1.807) is 20.8 Å². The zero-order chi connectivity index (χ0) is 11.2. The van der Waals surface area contributed by atoms with Gasteiger partial charge in [-0.15, -0.1) is 0 Å². The molecule has 0 aliphatic carbocycles. The van der Waals surface area contributed by atoms with Crippen LogP contribution < -0.4 is 0 Å². The van der Waals surface area contributed by atoms with Crippen molar-refractivity contribution in [2.75, 3.05) is 13.2 Å². The molecule has 0 saturated carbocycles. The summed E-state index contributed by atoms with van der Waals surface area (Å²) in [4.78, 5) is 0. The summed E-state index contributed by atoms with van der Waals surface area (Å²) in [5.41, 5.74) is 0. The van der Waals surface area contributed by atoms with E-state index in [0.717, 1.165) is 0 Å². The monoisotopic (exact) mass is 227 g/mol. The van der Waals surface area contributed by atoms with Crippen LogP contribution in [0.4, 0.5) is 0 Å². The second-order valence-corrected chi connectivity index (χ2v) is 4.78. The third-order valence-electron chi connectivity index (χ3n) is 1.61. The standard InChI is InChI=1S/C7H18NO5P/c1-4-7(8(9)10)14(11,12-5-2)13-6-3/h7,9-10H,4-6H2,1-3H3. The lowest BCUT2D eigenvalue weighted by molar-refractivity contribution is -0.319. The van der Waals surface area contributed by atoms with Gasteiger partial charge in [0.1, 0.15) is 0 Å². The Morgan fingerprint density at radius 2 is 1.64 bits per heavy atom. The van der Waals surface area contributed by atoms with Gasteiger partial charge in [0.2, 0.25) is 0 Å². The summed E-state index contributed by atoms with van der Waals surface area (Å²) in [6.07, 6.45) is 0.254. The fourth-order valence-corrected chi connectivity index (χ4v) is 2.92. The molecule has 0 rings (SSSR count). The highest BCUT2D eigenvalue weighted by Gasteiger charge is 2.38. The van der Waals surface area contributed by atoms with Crippen molar-refractivity contribution in [3.8, 4) is 0 Å². The number of nitrogens with zero attached hydrogens (tertiary/aromatic N) is 1. The van der Waals surface area contributed by atoms with Crippen LogP contribution in [0.15, 0.2) is 0 Å². The SMILES string of the molecule is CCOP(=O)(OCC)C(CC)N(O)O. The Kier molecular flexibility index (Phi) is 6.52. The number of hydrogen-bond acceptors (Lipinski definition) is 6. The molecule has 0 radical (unpaired) electrons. The van der Waals surface area contributed by atoms with E-state index in [4.69, 9.17) is 19.5 Å². The van der Waals surface area contributed by atoms with Crippen molar-refractivity contribution >= 4 is 7.60 Å². The Bertz CT molecular complexity index is 189. The van der Waals surface area contributed by atoms with Crippen LogP contribution in [0.5, 0.6) is 0 Å². The minimum atomic E-state index is -3.46. The molecular weight excluding hydrogens is 209 g/mol. The molecule has 0 aromatic heterocycles. The maximum absolute atomic E-state index is 12.0. The third-order valence-corrected chi connectivity index (χ3v) is 4.15. The van der Waals surface area contributed by atoms with E-state index >= 15 is 0 Å². The number of rotatable bonds is 7. The Morgan fingerprint density at radius 1 is 1.21 bits per heavy atom. The molecule has 86 valence electrons. The van der Waals surface area contributed by atoms with Crippen molar-refractivity contribution in [1.82, 2.24) is 5.23 Å². The van der Waals surface area contributed by atoms with Crippen molar-refractivity contribution in [3.05, 3.63) is 0 Å². The smallest absolute Gasteiger partial charge is 0.308 e. The van der Waals surface area contributed by atoms with Crippen molar-refractivity contribution in [3.63, 3.8) is 0 Å². The highest BCUT2D eigenvalue weighted by atomic mass is 31.2. The molecular formula is C7H18NO5P. The van der Waals surface area contributed by atoms with E-state index in [2.05, 4.69) is 0 Å². The first-order valence-electron chi connectivity index (χ1n) is 4.57. The first-order valence-corrected chi connectivity index (χ1v) is 6.18. The van der Waals surface area contributed by atoms with Crippen LogP contribution in [-0.4, -0.2) is 34.6 Å². The van der Waals surface area contributed by atoms with E-state index in [1.165, 1.54) is 0 Å². The van der Waals surface area contributed by atoms with Gasteiger partial charge in [0.25, 0.3) is 0 Å². The molecule has 0 amide bonds. The van der Waals surface area contributed by atoms with Crippen LogP contribution in [0.2, 0.25) is 0 Å². The summed E-state index contributed by atoms with van der Waals surface area (Å²) >= 11 is 0. The number of hydroxylamine groups is 2. The first kappa shape index (κ1) is 14.0. The highest BCUT2D eigenvalue weighted by molar-refractivity contribution is 7.54. The Hall–Kier alpha value is 0.0300. The lowest BCUT2D eigenvalue weighted by atomic mass is 10.5. The first-order chi connectivity index (χ1) is 6.51. The van der Waals surface area contributed by atoms with Gasteiger partial charge in [-0.05, 0) is 20.3 Å². The molecule has 0 aliphatic rings. The van der Waals surface area contributed by atoms with E-state index in [9.17, 15) is 4.57 Å². The van der Waals surface area contributed by atoms with Gasteiger partial charge in [-0.25, -0.2) is 0 Å². The molecule has 7 heteroatoms. The van der Waals surface area contributed by atoms with Crippen LogP contribution in [0.25, 0.3) is 0 Å². The summed E-state index contributed by atoms with van der Waals surface area (Å²) < 4.78 is 21.9. The van der Waals surface area contributed by atoms with Crippen LogP contribution >= 0.6 is 7.60 Å². The topological polar surface area (TPSA) is 79.2 Å². The van der Waals surface area contributed by atoms with E-state index in [1.807, 2.05) is 0 Å². The summed E-state index contributed by atoms with van der Waals surface area (Å²) in [5, 5.41) is 17.6. The van der Waals surface area contributed by atoms with Gasteiger partial charge in [-0.2, -0.15) is 0 Å². The fourth-order valence-electron chi connectivity index (χ4n) is 1.08. The van der Waals surface area contributed by atoms with Crippen LogP contribution in [0.1, 0.15) is 27.2 Å². The van der Waals surface area contributed by atoms with Crippen molar-refractivity contribution in [2.24, 2.45) is 0 Å². The Balaban J connectivity index is 4.67. The van der Waals surface area contributed by atoms with Crippen LogP contribution in [-0.2, 0) is 13.6 Å². The quantitative estimate of drug-likeness (QED) is 0.512. The van der Waals surface area contributed by atoms with Gasteiger partial charge in [0.05, 0.1) is 13.2 Å². The number of hydrogen-bond donors (Lipinski definition) is 2. The van der Waals surface area contributed by atoms with Gasteiger partial charge in [0, 0.05) is 0 Å². The Morgan fingerprint density at radius 3 is 1.86 bits per heavy atom. The van der Waals surface area contributed by atoms with Gasteiger partial charge in [0.15, 0.2) is 5.78 Å². The molecule has 1 unspecified atom stereocenters. The molecule has 0 fully saturated rings. The molecule has 0 bridgehead atoms. The van der Waals surface area contributed by atoms with Gasteiger partial charge in [-0.1, -0.05) is 12.2 Å². The fraction of sp³-hybridized carbons (Fsp3) is 1.00. The average molecular weight is 227 g/mol. The summed E-state index contributed by atoms with van der Waals surface area (Å²) in [7, 11) is -3.46. The predicted molar refractivity (Wildman–Crippen MR) is 50.3 cm³/mol. The molecule has 6 nitrogen and oxygen atoms in total. The van der Waals surface area contributed by atoms with Crippen LogP contribution in [0, 0.1) is 0 Å². The molecule has 0 aromatic carbocycles. The molecule has 1 atom stereocenters. The van der Waals surface area contributed by atoms with Crippen molar-refractivity contribution in [2.45, 2.75) is 33.0 Å². The lowest BCUT2D eigenvalue weighted by Gasteiger charge is -2.26. The summed E-state index contributed by atoms with van der Waals surface area (Å²) in [6.45, 7) is 5.38. The van der Waals surface area contributed by atoms with E-state index < -0.39 is 13.4 Å². The van der Waals surface area contributed by atoms with E-state index in [-0.39, 0.29) is 24.9 Å². The lowest BCUT2D eigenvalue weighted by Crippen LogP contribution is -2.30. The maximum Gasteiger partial charge on any atom is 0.352 e. The van der Waals surface area contributed by atoms with Gasteiger partial charge in [-0.3, -0.25) is 15.0 Å². The molecule has 2 N–H and O–H groups in total.